The highest BCUT2D eigenvalue weighted by Crippen LogP contribution is 2.29. The van der Waals surface area contributed by atoms with Crippen LogP contribution in [0.4, 0.5) is 17.1 Å². The van der Waals surface area contributed by atoms with Crippen molar-refractivity contribution in [2.24, 2.45) is 0 Å². The summed E-state index contributed by atoms with van der Waals surface area (Å²) in [6.45, 7) is 5.31. The number of morpholine rings is 1. The molecule has 0 aliphatic carbocycles. The first-order valence-corrected chi connectivity index (χ1v) is 7.25. The van der Waals surface area contributed by atoms with E-state index in [0.717, 1.165) is 51.5 Å². The Morgan fingerprint density at radius 3 is 2.71 bits per heavy atom. The van der Waals surface area contributed by atoms with Gasteiger partial charge < -0.3 is 15.4 Å². The fourth-order valence-electron chi connectivity index (χ4n) is 3.12. The number of rotatable bonds is 3. The van der Waals surface area contributed by atoms with Crippen molar-refractivity contribution >= 4 is 17.1 Å². The summed E-state index contributed by atoms with van der Waals surface area (Å²) >= 11 is 0. The lowest BCUT2D eigenvalue weighted by Gasteiger charge is -2.32. The zero-order valence-electron chi connectivity index (χ0n) is 11.9. The molecule has 0 radical (unpaired) electrons. The van der Waals surface area contributed by atoms with Gasteiger partial charge in [-0.15, -0.1) is 0 Å². The van der Waals surface area contributed by atoms with Crippen molar-refractivity contribution in [2.75, 3.05) is 50.0 Å². The zero-order valence-corrected chi connectivity index (χ0v) is 11.9. The van der Waals surface area contributed by atoms with Gasteiger partial charge in [-0.3, -0.25) is 15.0 Å². The number of hydrogen-bond acceptors (Lipinski definition) is 6. The van der Waals surface area contributed by atoms with Gasteiger partial charge in [0.2, 0.25) is 0 Å². The largest absolute Gasteiger partial charge is 0.398 e. The molecule has 21 heavy (non-hydrogen) atoms. The first-order valence-electron chi connectivity index (χ1n) is 7.25. The molecule has 2 N–H and O–H groups in total. The van der Waals surface area contributed by atoms with Crippen molar-refractivity contribution in [1.29, 1.82) is 0 Å². The molecular formula is C14H20N4O3. The Morgan fingerprint density at radius 1 is 1.24 bits per heavy atom. The Morgan fingerprint density at radius 2 is 2.00 bits per heavy atom. The number of ether oxygens (including phenoxy) is 1. The minimum Gasteiger partial charge on any atom is -0.398 e. The van der Waals surface area contributed by atoms with Crippen LogP contribution in [0, 0.1) is 10.1 Å². The topological polar surface area (TPSA) is 84.9 Å². The summed E-state index contributed by atoms with van der Waals surface area (Å²) in [5.41, 5.74) is 7.12. The highest BCUT2D eigenvalue weighted by Gasteiger charge is 2.29. The Kier molecular flexibility index (Phi) is 3.94. The fourth-order valence-corrected chi connectivity index (χ4v) is 3.12. The van der Waals surface area contributed by atoms with Crippen molar-refractivity contribution in [3.8, 4) is 0 Å². The minimum absolute atomic E-state index is 0.0554. The number of benzene rings is 1. The van der Waals surface area contributed by atoms with Crippen LogP contribution >= 0.6 is 0 Å². The molecule has 0 spiro atoms. The van der Waals surface area contributed by atoms with Crippen LogP contribution in [0.25, 0.3) is 0 Å². The average molecular weight is 292 g/mol. The van der Waals surface area contributed by atoms with E-state index in [2.05, 4.69) is 9.80 Å². The maximum absolute atomic E-state index is 10.9. The number of hydrogen-bond donors (Lipinski definition) is 1. The highest BCUT2D eigenvalue weighted by molar-refractivity contribution is 5.63. The van der Waals surface area contributed by atoms with Crippen LogP contribution in [-0.2, 0) is 4.74 Å². The number of non-ortho nitro benzene ring substituents is 1. The first kappa shape index (κ1) is 14.1. The molecule has 0 aromatic heterocycles. The van der Waals surface area contributed by atoms with E-state index >= 15 is 0 Å². The third kappa shape index (κ3) is 3.08. The summed E-state index contributed by atoms with van der Waals surface area (Å²) in [6, 6.07) is 5.32. The van der Waals surface area contributed by atoms with E-state index < -0.39 is 4.92 Å². The molecule has 2 aliphatic rings. The second-order valence-electron chi connectivity index (χ2n) is 5.58. The van der Waals surface area contributed by atoms with Crippen LogP contribution in [0.3, 0.4) is 0 Å². The summed E-state index contributed by atoms with van der Waals surface area (Å²) in [6.07, 6.45) is 1.07. The van der Waals surface area contributed by atoms with Gasteiger partial charge in [-0.05, 0) is 12.5 Å². The molecule has 3 rings (SSSR count). The van der Waals surface area contributed by atoms with Gasteiger partial charge in [0.1, 0.15) is 0 Å². The molecular weight excluding hydrogens is 272 g/mol. The van der Waals surface area contributed by atoms with E-state index in [1.165, 1.54) is 6.07 Å². The maximum atomic E-state index is 10.9. The third-order valence-electron chi connectivity index (χ3n) is 4.23. The summed E-state index contributed by atoms with van der Waals surface area (Å²) in [4.78, 5) is 15.2. The monoisotopic (exact) mass is 292 g/mol. The number of nitrogens with zero attached hydrogens (tertiary/aromatic N) is 3. The number of anilines is 2. The van der Waals surface area contributed by atoms with E-state index in [1.54, 1.807) is 6.07 Å². The van der Waals surface area contributed by atoms with Gasteiger partial charge in [-0.1, -0.05) is 0 Å². The number of nitrogens with two attached hydrogens (primary N) is 1. The molecule has 0 amide bonds. The lowest BCUT2D eigenvalue weighted by atomic mass is 10.2. The first-order chi connectivity index (χ1) is 10.1. The average Bonchev–Trinajstić information content (AvgIpc) is 2.97. The minimum atomic E-state index is -0.393. The summed E-state index contributed by atoms with van der Waals surface area (Å²) in [7, 11) is 0. The van der Waals surface area contributed by atoms with Crippen molar-refractivity contribution < 1.29 is 9.66 Å². The number of nitro groups is 1. The summed E-state index contributed by atoms with van der Waals surface area (Å²) in [5, 5.41) is 10.9. The third-order valence-corrected chi connectivity index (χ3v) is 4.23. The Balaban J connectivity index is 1.72. The molecule has 7 heteroatoms. The van der Waals surface area contributed by atoms with Crippen LogP contribution in [0.1, 0.15) is 6.42 Å². The van der Waals surface area contributed by atoms with Gasteiger partial charge in [0.05, 0.1) is 18.1 Å². The molecule has 1 aromatic rings. The smallest absolute Gasteiger partial charge is 0.273 e. The SMILES string of the molecule is Nc1cc(N2CCC(N3CCOCC3)C2)cc([N+](=O)[O-])c1. The molecule has 0 bridgehead atoms. The molecule has 114 valence electrons. The van der Waals surface area contributed by atoms with E-state index in [0.29, 0.717) is 11.7 Å². The predicted octanol–water partition coefficient (Wildman–Crippen LogP) is 1.09. The molecule has 7 nitrogen and oxygen atoms in total. The second kappa shape index (κ2) is 5.87. The van der Waals surface area contributed by atoms with Gasteiger partial charge in [0, 0.05) is 55.7 Å². The maximum Gasteiger partial charge on any atom is 0.273 e. The van der Waals surface area contributed by atoms with Crippen LogP contribution in [0.5, 0.6) is 0 Å². The Bertz CT molecular complexity index is 531. The van der Waals surface area contributed by atoms with E-state index in [-0.39, 0.29) is 5.69 Å². The zero-order chi connectivity index (χ0) is 14.8. The molecule has 2 aliphatic heterocycles. The van der Waals surface area contributed by atoms with Crippen LogP contribution in [0.15, 0.2) is 18.2 Å². The molecule has 2 fully saturated rings. The summed E-state index contributed by atoms with van der Waals surface area (Å²) < 4.78 is 5.38. The van der Waals surface area contributed by atoms with Gasteiger partial charge in [-0.25, -0.2) is 0 Å². The second-order valence-corrected chi connectivity index (χ2v) is 5.58. The van der Waals surface area contributed by atoms with E-state index in [4.69, 9.17) is 10.5 Å². The molecule has 1 aromatic carbocycles. The molecule has 2 heterocycles. The molecule has 1 atom stereocenters. The van der Waals surface area contributed by atoms with Crippen molar-refractivity contribution in [3.63, 3.8) is 0 Å². The van der Waals surface area contributed by atoms with Gasteiger partial charge in [-0.2, -0.15) is 0 Å². The number of nitrogen functional groups attached to an aromatic ring is 1. The molecule has 2 saturated heterocycles. The lowest BCUT2D eigenvalue weighted by molar-refractivity contribution is -0.384. The van der Waals surface area contributed by atoms with Gasteiger partial charge >= 0.3 is 0 Å². The van der Waals surface area contributed by atoms with E-state index in [1.807, 2.05) is 6.07 Å². The van der Waals surface area contributed by atoms with Crippen molar-refractivity contribution in [3.05, 3.63) is 28.3 Å². The van der Waals surface area contributed by atoms with E-state index in [9.17, 15) is 10.1 Å². The van der Waals surface area contributed by atoms with Crippen molar-refractivity contribution in [2.45, 2.75) is 12.5 Å². The van der Waals surface area contributed by atoms with Crippen LogP contribution < -0.4 is 10.6 Å². The van der Waals surface area contributed by atoms with Gasteiger partial charge in [0.15, 0.2) is 0 Å². The molecule has 0 saturated carbocycles. The predicted molar refractivity (Wildman–Crippen MR) is 80.5 cm³/mol. The molecule has 1 unspecified atom stereocenters. The van der Waals surface area contributed by atoms with Crippen LogP contribution in [0.2, 0.25) is 0 Å². The number of nitro benzene ring substituents is 1. The van der Waals surface area contributed by atoms with Crippen LogP contribution in [-0.4, -0.2) is 55.3 Å². The van der Waals surface area contributed by atoms with Gasteiger partial charge in [0.25, 0.3) is 5.69 Å². The lowest BCUT2D eigenvalue weighted by Crippen LogP contribution is -2.44. The standard InChI is InChI=1S/C14H20N4O3/c15-11-7-13(9-14(8-11)18(19)20)17-2-1-12(10-17)16-3-5-21-6-4-16/h7-9,12H,1-6,10,15H2. The normalized spacial score (nSPS) is 23.4. The Labute approximate surface area is 123 Å². The summed E-state index contributed by atoms with van der Waals surface area (Å²) in [5.74, 6) is 0. The Hall–Kier alpha value is -1.86. The highest BCUT2D eigenvalue weighted by atomic mass is 16.6. The fraction of sp³-hybridized carbons (Fsp3) is 0.571. The van der Waals surface area contributed by atoms with Crippen molar-refractivity contribution in [1.82, 2.24) is 4.90 Å². The quantitative estimate of drug-likeness (QED) is 0.510.